The van der Waals surface area contributed by atoms with E-state index in [2.05, 4.69) is 17.1 Å². The van der Waals surface area contributed by atoms with Gasteiger partial charge >= 0.3 is 0 Å². The number of nitrogens with zero attached hydrogens (tertiary/aromatic N) is 1. The molecule has 2 unspecified atom stereocenters. The average molecular weight is 200 g/mol. The molecule has 3 heteroatoms. The van der Waals surface area contributed by atoms with Crippen molar-refractivity contribution in [2.75, 3.05) is 26.2 Å². The standard InChI is InChI=1S/C11H24N2O/c1-4-11(3,14)9-13(5-2)10-6-7-12-8-10/h10,12,14H,4-9H2,1-3H3. The smallest absolute Gasteiger partial charge is 0.0743 e. The molecule has 1 aliphatic rings. The minimum Gasteiger partial charge on any atom is -0.389 e. The van der Waals surface area contributed by atoms with Gasteiger partial charge < -0.3 is 10.4 Å². The van der Waals surface area contributed by atoms with Crippen LogP contribution >= 0.6 is 0 Å². The molecule has 0 aliphatic carbocycles. The van der Waals surface area contributed by atoms with Crippen LogP contribution in [0.15, 0.2) is 0 Å². The lowest BCUT2D eigenvalue weighted by Gasteiger charge is -2.33. The topological polar surface area (TPSA) is 35.5 Å². The van der Waals surface area contributed by atoms with Gasteiger partial charge in [-0.3, -0.25) is 4.90 Å². The first kappa shape index (κ1) is 12.0. The first-order chi connectivity index (χ1) is 6.59. The molecule has 0 aromatic heterocycles. The Morgan fingerprint density at radius 1 is 1.50 bits per heavy atom. The van der Waals surface area contributed by atoms with Crippen LogP contribution in [0.5, 0.6) is 0 Å². The fourth-order valence-electron chi connectivity index (χ4n) is 2.00. The Morgan fingerprint density at radius 2 is 2.21 bits per heavy atom. The molecule has 14 heavy (non-hydrogen) atoms. The molecule has 0 radical (unpaired) electrons. The molecule has 0 aromatic rings. The quantitative estimate of drug-likeness (QED) is 0.690. The zero-order chi connectivity index (χ0) is 10.6. The fraction of sp³-hybridized carbons (Fsp3) is 1.00. The molecular weight excluding hydrogens is 176 g/mol. The molecule has 84 valence electrons. The Labute approximate surface area is 87.5 Å². The summed E-state index contributed by atoms with van der Waals surface area (Å²) < 4.78 is 0. The van der Waals surface area contributed by atoms with Crippen molar-refractivity contribution in [3.05, 3.63) is 0 Å². The van der Waals surface area contributed by atoms with Gasteiger partial charge in [0.2, 0.25) is 0 Å². The molecule has 1 rings (SSSR count). The lowest BCUT2D eigenvalue weighted by atomic mass is 10.0. The van der Waals surface area contributed by atoms with Crippen molar-refractivity contribution in [2.24, 2.45) is 0 Å². The molecular formula is C11H24N2O. The van der Waals surface area contributed by atoms with Gasteiger partial charge in [-0.15, -0.1) is 0 Å². The van der Waals surface area contributed by atoms with Crippen LogP contribution < -0.4 is 5.32 Å². The van der Waals surface area contributed by atoms with E-state index in [1.165, 1.54) is 6.42 Å². The van der Waals surface area contributed by atoms with Crippen LogP contribution in [0.1, 0.15) is 33.6 Å². The highest BCUT2D eigenvalue weighted by Crippen LogP contribution is 2.15. The number of rotatable bonds is 5. The molecule has 0 spiro atoms. The normalized spacial score (nSPS) is 26.8. The fourth-order valence-corrected chi connectivity index (χ4v) is 2.00. The molecule has 1 aliphatic heterocycles. The number of hydrogen-bond acceptors (Lipinski definition) is 3. The van der Waals surface area contributed by atoms with E-state index < -0.39 is 5.60 Å². The third kappa shape index (κ3) is 3.23. The lowest BCUT2D eigenvalue weighted by molar-refractivity contribution is 0.00701. The van der Waals surface area contributed by atoms with Crippen LogP contribution in [0.25, 0.3) is 0 Å². The Bertz CT molecular complexity index is 165. The van der Waals surface area contributed by atoms with Gasteiger partial charge in [-0.2, -0.15) is 0 Å². The third-order valence-electron chi connectivity index (χ3n) is 3.26. The number of likely N-dealkylation sites (N-methyl/N-ethyl adjacent to an activating group) is 1. The second kappa shape index (κ2) is 5.10. The summed E-state index contributed by atoms with van der Waals surface area (Å²) in [4.78, 5) is 2.39. The van der Waals surface area contributed by atoms with E-state index in [0.717, 1.165) is 32.6 Å². The number of nitrogens with one attached hydrogen (secondary N) is 1. The van der Waals surface area contributed by atoms with Crippen LogP contribution in [-0.2, 0) is 0 Å². The summed E-state index contributed by atoms with van der Waals surface area (Å²) in [5.74, 6) is 0. The zero-order valence-electron chi connectivity index (χ0n) is 9.71. The molecule has 2 N–H and O–H groups in total. The van der Waals surface area contributed by atoms with Gasteiger partial charge in [0, 0.05) is 19.1 Å². The predicted molar refractivity (Wildman–Crippen MR) is 59.4 cm³/mol. The van der Waals surface area contributed by atoms with Gasteiger partial charge in [-0.25, -0.2) is 0 Å². The maximum absolute atomic E-state index is 10.0. The Hall–Kier alpha value is -0.120. The van der Waals surface area contributed by atoms with Crippen LogP contribution in [0, 0.1) is 0 Å². The van der Waals surface area contributed by atoms with E-state index in [1.54, 1.807) is 0 Å². The van der Waals surface area contributed by atoms with Crippen LogP contribution in [-0.4, -0.2) is 47.8 Å². The van der Waals surface area contributed by atoms with Crippen molar-refractivity contribution >= 4 is 0 Å². The van der Waals surface area contributed by atoms with Gasteiger partial charge in [-0.1, -0.05) is 13.8 Å². The van der Waals surface area contributed by atoms with Gasteiger partial charge in [0.05, 0.1) is 5.60 Å². The Kier molecular flexibility index (Phi) is 4.35. The predicted octanol–water partition coefficient (Wildman–Crippen LogP) is 0.831. The molecule has 1 fully saturated rings. The van der Waals surface area contributed by atoms with Crippen LogP contribution in [0.4, 0.5) is 0 Å². The highest BCUT2D eigenvalue weighted by atomic mass is 16.3. The van der Waals surface area contributed by atoms with E-state index in [0.29, 0.717) is 6.04 Å². The minimum absolute atomic E-state index is 0.529. The summed E-state index contributed by atoms with van der Waals surface area (Å²) in [6.07, 6.45) is 2.04. The van der Waals surface area contributed by atoms with Gasteiger partial charge in [-0.05, 0) is 32.9 Å². The lowest BCUT2D eigenvalue weighted by Crippen LogP contribution is -2.46. The van der Waals surface area contributed by atoms with Crippen LogP contribution in [0.3, 0.4) is 0 Å². The highest BCUT2D eigenvalue weighted by Gasteiger charge is 2.27. The first-order valence-corrected chi connectivity index (χ1v) is 5.76. The monoisotopic (exact) mass is 200 g/mol. The van der Waals surface area contributed by atoms with Gasteiger partial charge in [0.1, 0.15) is 0 Å². The number of aliphatic hydroxyl groups is 1. The van der Waals surface area contributed by atoms with E-state index in [9.17, 15) is 5.11 Å². The summed E-state index contributed by atoms with van der Waals surface area (Å²) in [6, 6.07) is 0.623. The van der Waals surface area contributed by atoms with E-state index >= 15 is 0 Å². The van der Waals surface area contributed by atoms with Gasteiger partial charge in [0.25, 0.3) is 0 Å². The summed E-state index contributed by atoms with van der Waals surface area (Å²) in [6.45, 7) is 10.2. The first-order valence-electron chi connectivity index (χ1n) is 5.76. The minimum atomic E-state index is -0.529. The van der Waals surface area contributed by atoms with Crippen molar-refractivity contribution in [3.63, 3.8) is 0 Å². The highest BCUT2D eigenvalue weighted by molar-refractivity contribution is 4.84. The summed E-state index contributed by atoms with van der Waals surface area (Å²) >= 11 is 0. The van der Waals surface area contributed by atoms with Crippen molar-refractivity contribution in [1.29, 1.82) is 0 Å². The molecule has 0 saturated carbocycles. The molecule has 2 atom stereocenters. The largest absolute Gasteiger partial charge is 0.389 e. The SMILES string of the molecule is CCN(CC(C)(O)CC)C1CCNC1. The molecule has 0 bridgehead atoms. The van der Waals surface area contributed by atoms with Gasteiger partial charge in [0.15, 0.2) is 0 Å². The molecule has 3 nitrogen and oxygen atoms in total. The molecule has 0 amide bonds. The summed E-state index contributed by atoms with van der Waals surface area (Å²) in [5, 5.41) is 13.4. The van der Waals surface area contributed by atoms with Crippen molar-refractivity contribution in [2.45, 2.75) is 45.3 Å². The second-order valence-corrected chi connectivity index (χ2v) is 4.56. The number of hydrogen-bond donors (Lipinski definition) is 2. The maximum Gasteiger partial charge on any atom is 0.0743 e. The molecule has 0 aromatic carbocycles. The van der Waals surface area contributed by atoms with E-state index in [1.807, 2.05) is 13.8 Å². The third-order valence-corrected chi connectivity index (χ3v) is 3.26. The van der Waals surface area contributed by atoms with E-state index in [-0.39, 0.29) is 0 Å². The van der Waals surface area contributed by atoms with Crippen molar-refractivity contribution in [3.8, 4) is 0 Å². The zero-order valence-corrected chi connectivity index (χ0v) is 9.71. The molecule has 1 saturated heterocycles. The Morgan fingerprint density at radius 3 is 2.64 bits per heavy atom. The maximum atomic E-state index is 10.0. The average Bonchev–Trinajstić information content (AvgIpc) is 2.67. The van der Waals surface area contributed by atoms with Crippen molar-refractivity contribution < 1.29 is 5.11 Å². The van der Waals surface area contributed by atoms with E-state index in [4.69, 9.17) is 0 Å². The van der Waals surface area contributed by atoms with Crippen LogP contribution in [0.2, 0.25) is 0 Å². The summed E-state index contributed by atoms with van der Waals surface area (Å²) in [7, 11) is 0. The second-order valence-electron chi connectivity index (χ2n) is 4.56. The Balaban J connectivity index is 2.45. The summed E-state index contributed by atoms with van der Waals surface area (Å²) in [5.41, 5.74) is -0.529. The molecule has 1 heterocycles. The van der Waals surface area contributed by atoms with Crippen molar-refractivity contribution in [1.82, 2.24) is 10.2 Å².